The lowest BCUT2D eigenvalue weighted by Gasteiger charge is -2.23. The summed E-state index contributed by atoms with van der Waals surface area (Å²) in [6, 6.07) is 13.7. The minimum Gasteiger partial charge on any atom is -0.460 e. The van der Waals surface area contributed by atoms with E-state index in [1.807, 2.05) is 0 Å². The predicted molar refractivity (Wildman–Crippen MR) is 145 cm³/mol. The van der Waals surface area contributed by atoms with Crippen LogP contribution in [0.15, 0.2) is 53.1 Å². The molecule has 3 aromatic rings. The maximum atomic E-state index is 13.5. The minimum atomic E-state index is -0.727. The lowest BCUT2D eigenvalue weighted by atomic mass is 9.88. The zero-order valence-corrected chi connectivity index (χ0v) is 23.6. The van der Waals surface area contributed by atoms with Crippen molar-refractivity contribution in [2.45, 2.75) is 78.4 Å². The highest BCUT2D eigenvalue weighted by Crippen LogP contribution is 2.38. The summed E-state index contributed by atoms with van der Waals surface area (Å²) in [6.07, 6.45) is -0.267. The van der Waals surface area contributed by atoms with Crippen molar-refractivity contribution in [3.8, 4) is 11.1 Å². The number of halogens is 1. The van der Waals surface area contributed by atoms with Gasteiger partial charge in [-0.2, -0.15) is 0 Å². The van der Waals surface area contributed by atoms with Gasteiger partial charge in [0.15, 0.2) is 5.78 Å². The van der Waals surface area contributed by atoms with Gasteiger partial charge in [0.05, 0.1) is 18.5 Å². The van der Waals surface area contributed by atoms with Gasteiger partial charge < -0.3 is 14.0 Å². The number of hydrogen-bond donors (Lipinski definition) is 0. The first-order valence-corrected chi connectivity index (χ1v) is 12.8. The fourth-order valence-corrected chi connectivity index (χ4v) is 4.20. The summed E-state index contributed by atoms with van der Waals surface area (Å²) in [4.78, 5) is 39.2. The normalized spacial score (nSPS) is 11.9. The number of ketones is 1. The number of aryl methyl sites for hydroxylation is 1. The van der Waals surface area contributed by atoms with E-state index in [0.29, 0.717) is 38.7 Å². The molecule has 0 bridgehead atoms. The van der Waals surface area contributed by atoms with Crippen molar-refractivity contribution in [3.63, 3.8) is 0 Å². The van der Waals surface area contributed by atoms with Gasteiger partial charge in [-0.1, -0.05) is 41.0 Å². The average Bonchev–Trinajstić information content (AvgIpc) is 3.17. The van der Waals surface area contributed by atoms with Crippen molar-refractivity contribution in [1.29, 1.82) is 0 Å². The van der Waals surface area contributed by atoms with E-state index in [4.69, 9.17) is 25.6 Å². The fourth-order valence-electron chi connectivity index (χ4n) is 4.08. The molecule has 0 N–H and O–H groups in total. The second-order valence-electron chi connectivity index (χ2n) is 11.2. The number of esters is 2. The molecular weight excluding hydrogens is 506 g/mol. The number of carbonyl (C=O) groups is 3. The van der Waals surface area contributed by atoms with Gasteiger partial charge in [-0.15, -0.1) is 0 Å². The summed E-state index contributed by atoms with van der Waals surface area (Å²) in [5.74, 6) is -1.60. The number of hydrogen-bond acceptors (Lipinski definition) is 7. The summed E-state index contributed by atoms with van der Waals surface area (Å²) >= 11 is 6.01. The van der Waals surface area contributed by atoms with Gasteiger partial charge in [0.2, 0.25) is 0 Å². The van der Waals surface area contributed by atoms with Crippen LogP contribution in [0.5, 0.6) is 0 Å². The van der Waals surface area contributed by atoms with E-state index in [0.717, 1.165) is 0 Å². The Labute approximate surface area is 228 Å². The first-order valence-electron chi connectivity index (χ1n) is 12.4. The average molecular weight is 540 g/mol. The van der Waals surface area contributed by atoms with E-state index in [2.05, 4.69) is 5.16 Å². The van der Waals surface area contributed by atoms with Crippen LogP contribution >= 0.6 is 11.6 Å². The van der Waals surface area contributed by atoms with Crippen molar-refractivity contribution in [1.82, 2.24) is 5.16 Å². The molecule has 0 fully saturated rings. The third-order valence-electron chi connectivity index (χ3n) is 5.47. The van der Waals surface area contributed by atoms with E-state index in [9.17, 15) is 14.4 Å². The van der Waals surface area contributed by atoms with Crippen molar-refractivity contribution >= 4 is 29.3 Å². The highest BCUT2D eigenvalue weighted by molar-refractivity contribution is 6.30. The van der Waals surface area contributed by atoms with Crippen LogP contribution in [0.1, 0.15) is 87.7 Å². The lowest BCUT2D eigenvalue weighted by molar-refractivity contribution is -0.157. The summed E-state index contributed by atoms with van der Waals surface area (Å²) in [7, 11) is 0. The molecule has 0 unspecified atom stereocenters. The summed E-state index contributed by atoms with van der Waals surface area (Å²) in [5, 5.41) is 4.68. The molecule has 38 heavy (non-hydrogen) atoms. The van der Waals surface area contributed by atoms with Crippen LogP contribution in [-0.2, 0) is 19.1 Å². The van der Waals surface area contributed by atoms with E-state index in [1.165, 1.54) is 0 Å². The summed E-state index contributed by atoms with van der Waals surface area (Å²) < 4.78 is 16.8. The van der Waals surface area contributed by atoms with E-state index >= 15 is 0 Å². The molecular formula is C30H34ClNO6. The molecule has 7 nitrogen and oxygen atoms in total. The molecule has 0 atom stereocenters. The van der Waals surface area contributed by atoms with Gasteiger partial charge in [0.1, 0.15) is 17.0 Å². The Bertz CT molecular complexity index is 1280. The van der Waals surface area contributed by atoms with Gasteiger partial charge in [0, 0.05) is 27.6 Å². The second-order valence-corrected chi connectivity index (χ2v) is 11.6. The number of benzene rings is 2. The molecule has 1 heterocycles. The zero-order chi connectivity index (χ0) is 28.3. The molecule has 0 aliphatic rings. The molecule has 0 radical (unpaired) electrons. The maximum absolute atomic E-state index is 13.5. The number of nitrogens with zero attached hydrogens (tertiary/aromatic N) is 1. The smallest absolute Gasteiger partial charge is 0.307 e. The monoisotopic (exact) mass is 539 g/mol. The first kappa shape index (κ1) is 29.1. The Morgan fingerprint density at radius 1 is 0.868 bits per heavy atom. The van der Waals surface area contributed by atoms with Crippen molar-refractivity contribution in [3.05, 3.63) is 76.1 Å². The highest BCUT2D eigenvalue weighted by Gasteiger charge is 2.32. The molecule has 202 valence electrons. The molecule has 3 rings (SSSR count). The molecule has 8 heteroatoms. The van der Waals surface area contributed by atoms with Crippen LogP contribution in [0, 0.1) is 6.92 Å². The van der Waals surface area contributed by atoms with Gasteiger partial charge in [-0.3, -0.25) is 14.4 Å². The standard InChI is InChI=1S/C30H34ClNO6/c1-18-26(22-10-8-9-11-23(22)27(35)19-12-14-21(31)15-13-19)28(38-32-18)20(16-24(33)36-29(2,3)4)17-25(34)37-30(5,6)7/h8-15,20H,16-17H2,1-7H3. The van der Waals surface area contributed by atoms with E-state index < -0.39 is 29.1 Å². The van der Waals surface area contributed by atoms with Crippen LogP contribution in [0.25, 0.3) is 11.1 Å². The number of rotatable bonds is 8. The van der Waals surface area contributed by atoms with Crippen LogP contribution in [0.4, 0.5) is 0 Å². The Hall–Kier alpha value is -3.45. The number of aromatic nitrogens is 1. The molecule has 2 aromatic carbocycles. The quantitative estimate of drug-likeness (QED) is 0.223. The third kappa shape index (κ3) is 7.78. The van der Waals surface area contributed by atoms with Crippen LogP contribution in [0.3, 0.4) is 0 Å². The maximum Gasteiger partial charge on any atom is 0.307 e. The Morgan fingerprint density at radius 3 is 1.92 bits per heavy atom. The molecule has 0 aliphatic heterocycles. The third-order valence-corrected chi connectivity index (χ3v) is 5.73. The summed E-state index contributed by atoms with van der Waals surface area (Å²) in [5.41, 5.74) is 1.15. The Kier molecular flexibility index (Phi) is 8.82. The van der Waals surface area contributed by atoms with Crippen molar-refractivity contribution < 1.29 is 28.4 Å². The molecule has 0 aliphatic carbocycles. The highest BCUT2D eigenvalue weighted by atomic mass is 35.5. The number of carbonyl (C=O) groups excluding carboxylic acids is 3. The van der Waals surface area contributed by atoms with Gasteiger partial charge in [-0.05, 0) is 78.3 Å². The largest absolute Gasteiger partial charge is 0.460 e. The Morgan fingerprint density at radius 2 is 1.39 bits per heavy atom. The lowest BCUT2D eigenvalue weighted by Crippen LogP contribution is -2.27. The molecule has 0 amide bonds. The topological polar surface area (TPSA) is 95.7 Å². The van der Waals surface area contributed by atoms with Crippen LogP contribution in [0.2, 0.25) is 5.02 Å². The van der Waals surface area contributed by atoms with Crippen molar-refractivity contribution in [2.75, 3.05) is 0 Å². The van der Waals surface area contributed by atoms with E-state index in [-0.39, 0.29) is 18.6 Å². The molecule has 0 saturated carbocycles. The van der Waals surface area contributed by atoms with Gasteiger partial charge in [0.25, 0.3) is 0 Å². The van der Waals surface area contributed by atoms with Gasteiger partial charge >= 0.3 is 11.9 Å². The molecule has 1 aromatic heterocycles. The van der Waals surface area contributed by atoms with Gasteiger partial charge in [-0.25, -0.2) is 0 Å². The molecule has 0 spiro atoms. The predicted octanol–water partition coefficient (Wildman–Crippen LogP) is 7.08. The summed E-state index contributed by atoms with van der Waals surface area (Å²) in [6.45, 7) is 12.4. The number of ether oxygens (including phenoxy) is 2. The fraction of sp³-hybridized carbons (Fsp3) is 0.400. The first-order chi connectivity index (χ1) is 17.6. The zero-order valence-electron chi connectivity index (χ0n) is 22.9. The SMILES string of the molecule is Cc1noc(C(CC(=O)OC(C)(C)C)CC(=O)OC(C)(C)C)c1-c1ccccc1C(=O)c1ccc(Cl)cc1. The van der Waals surface area contributed by atoms with Crippen LogP contribution in [-0.4, -0.2) is 34.1 Å². The van der Waals surface area contributed by atoms with Crippen molar-refractivity contribution in [2.24, 2.45) is 0 Å². The van der Waals surface area contributed by atoms with E-state index in [1.54, 1.807) is 97.0 Å². The van der Waals surface area contributed by atoms with Crippen LogP contribution < -0.4 is 0 Å². The molecule has 0 saturated heterocycles. The Balaban J connectivity index is 2.07. The minimum absolute atomic E-state index is 0.133. The second kappa shape index (κ2) is 11.5.